The van der Waals surface area contributed by atoms with E-state index in [-0.39, 0.29) is 12.5 Å². The van der Waals surface area contributed by atoms with Crippen molar-refractivity contribution >= 4 is 52.5 Å². The molecule has 3 aromatic carbocycles. The van der Waals surface area contributed by atoms with E-state index in [1.54, 1.807) is 18.2 Å². The van der Waals surface area contributed by atoms with Crippen molar-refractivity contribution in [2.75, 3.05) is 0 Å². The highest BCUT2D eigenvalue weighted by Crippen LogP contribution is 2.31. The second-order valence-electron chi connectivity index (χ2n) is 7.60. The maximum Gasteiger partial charge on any atom is 0.242 e. The quantitative estimate of drug-likeness (QED) is 0.201. The molecule has 1 unspecified atom stereocenters. The average Bonchev–Trinajstić information content (AvgIpc) is 3.25. The number of carbonyl (C=O) groups excluding carboxylic acids is 1. The van der Waals surface area contributed by atoms with Crippen molar-refractivity contribution in [3.05, 3.63) is 105 Å². The van der Waals surface area contributed by atoms with Gasteiger partial charge in [-0.2, -0.15) is 0 Å². The van der Waals surface area contributed by atoms with Gasteiger partial charge in [-0.15, -0.1) is 21.8 Å². The second kappa shape index (κ2) is 11.3. The zero-order valence-electron chi connectivity index (χ0n) is 18.2. The highest BCUT2D eigenvalue weighted by atomic mass is 35.5. The topological polar surface area (TPSA) is 59.8 Å². The molecule has 0 bridgehead atoms. The van der Waals surface area contributed by atoms with E-state index in [9.17, 15) is 4.79 Å². The van der Waals surface area contributed by atoms with E-state index in [1.807, 2.05) is 41.0 Å². The second-order valence-corrected chi connectivity index (χ2v) is 9.82. The van der Waals surface area contributed by atoms with Crippen LogP contribution in [0.25, 0.3) is 5.69 Å². The molecule has 0 aliphatic carbocycles. The van der Waals surface area contributed by atoms with Crippen LogP contribution in [0.2, 0.25) is 10.0 Å². The zero-order chi connectivity index (χ0) is 24.1. The predicted octanol–water partition coefficient (Wildman–Crippen LogP) is 6.77. The Labute approximate surface area is 217 Å². The van der Waals surface area contributed by atoms with Crippen molar-refractivity contribution in [3.63, 3.8) is 0 Å². The molecule has 4 aromatic rings. The van der Waals surface area contributed by atoms with E-state index in [4.69, 9.17) is 34.8 Å². The highest BCUT2D eigenvalue weighted by Gasteiger charge is 2.21. The fourth-order valence-corrected chi connectivity index (χ4v) is 4.88. The van der Waals surface area contributed by atoms with Crippen LogP contribution in [0.5, 0.6) is 0 Å². The maximum absolute atomic E-state index is 12.7. The van der Waals surface area contributed by atoms with Gasteiger partial charge < -0.3 is 5.32 Å². The van der Waals surface area contributed by atoms with Crippen LogP contribution in [0, 0.1) is 6.92 Å². The minimum absolute atomic E-state index is 0.121. The van der Waals surface area contributed by atoms with Gasteiger partial charge in [-0.3, -0.25) is 9.36 Å². The number of halogens is 3. The molecule has 0 fully saturated rings. The summed E-state index contributed by atoms with van der Waals surface area (Å²) in [6.45, 7) is 2.18. The number of nitrogens with one attached hydrogen (secondary N) is 1. The summed E-state index contributed by atoms with van der Waals surface area (Å²) in [7, 11) is 0. The number of nitrogens with zero attached hydrogens (tertiary/aromatic N) is 3. The molecule has 34 heavy (non-hydrogen) atoms. The van der Waals surface area contributed by atoms with Crippen LogP contribution in [0.1, 0.15) is 27.9 Å². The van der Waals surface area contributed by atoms with E-state index >= 15 is 0 Å². The number of benzene rings is 3. The first-order chi connectivity index (χ1) is 16.4. The Bertz CT molecular complexity index is 1300. The maximum atomic E-state index is 12.7. The lowest BCUT2D eigenvalue weighted by Gasteiger charge is -2.14. The minimum Gasteiger partial charge on any atom is -0.347 e. The van der Waals surface area contributed by atoms with Crippen LogP contribution in [0.15, 0.2) is 78.0 Å². The first-order valence-corrected chi connectivity index (χ1v) is 12.6. The number of rotatable bonds is 8. The van der Waals surface area contributed by atoms with E-state index < -0.39 is 5.38 Å². The third kappa shape index (κ3) is 5.94. The number of thioether (sulfide) groups is 1. The van der Waals surface area contributed by atoms with E-state index in [0.717, 1.165) is 5.56 Å². The lowest BCUT2D eigenvalue weighted by atomic mass is 10.1. The first-order valence-electron chi connectivity index (χ1n) is 10.5. The number of carbonyl (C=O) groups is 1. The summed E-state index contributed by atoms with van der Waals surface area (Å²) < 4.78 is 1.82. The van der Waals surface area contributed by atoms with Crippen LogP contribution in [-0.4, -0.2) is 20.7 Å². The van der Waals surface area contributed by atoms with Crippen molar-refractivity contribution in [1.29, 1.82) is 0 Å². The molecular weight excluding hydrogens is 511 g/mol. The van der Waals surface area contributed by atoms with E-state index in [2.05, 4.69) is 40.6 Å². The molecule has 0 saturated carbocycles. The molecule has 0 aliphatic rings. The zero-order valence-corrected chi connectivity index (χ0v) is 21.3. The Morgan fingerprint density at radius 2 is 1.82 bits per heavy atom. The number of alkyl halides is 1. The Morgan fingerprint density at radius 3 is 2.59 bits per heavy atom. The van der Waals surface area contributed by atoms with Crippen LogP contribution in [0.3, 0.4) is 0 Å². The monoisotopic (exact) mass is 530 g/mol. The molecule has 0 radical (unpaired) electrons. The van der Waals surface area contributed by atoms with Gasteiger partial charge in [-0.25, -0.2) is 0 Å². The van der Waals surface area contributed by atoms with E-state index in [1.165, 1.54) is 22.9 Å². The first kappa shape index (κ1) is 24.6. The van der Waals surface area contributed by atoms with Crippen molar-refractivity contribution < 1.29 is 4.79 Å². The molecule has 0 aliphatic heterocycles. The van der Waals surface area contributed by atoms with Crippen LogP contribution >= 0.6 is 46.6 Å². The smallest absolute Gasteiger partial charge is 0.242 e. The van der Waals surface area contributed by atoms with Crippen LogP contribution in [0.4, 0.5) is 0 Å². The molecular formula is C25H21Cl3N4OS. The summed E-state index contributed by atoms with van der Waals surface area (Å²) >= 11 is 20.7. The van der Waals surface area contributed by atoms with E-state index in [0.29, 0.717) is 32.5 Å². The lowest BCUT2D eigenvalue weighted by Crippen LogP contribution is -2.28. The molecule has 1 heterocycles. The molecule has 0 spiro atoms. The highest BCUT2D eigenvalue weighted by molar-refractivity contribution is 7.98. The van der Waals surface area contributed by atoms with Gasteiger partial charge in [0.1, 0.15) is 5.38 Å². The summed E-state index contributed by atoms with van der Waals surface area (Å²) in [5.41, 5.74) is 3.71. The fourth-order valence-electron chi connectivity index (χ4n) is 3.39. The molecule has 1 N–H and O–H groups in total. The van der Waals surface area contributed by atoms with Crippen molar-refractivity contribution in [3.8, 4) is 5.69 Å². The summed E-state index contributed by atoms with van der Waals surface area (Å²) in [6, 6.07) is 22.7. The van der Waals surface area contributed by atoms with Crippen molar-refractivity contribution in [1.82, 2.24) is 20.1 Å². The predicted molar refractivity (Wildman–Crippen MR) is 139 cm³/mol. The molecule has 1 atom stereocenters. The third-order valence-electron chi connectivity index (χ3n) is 5.04. The van der Waals surface area contributed by atoms with Crippen molar-refractivity contribution in [2.24, 2.45) is 0 Å². The SMILES string of the molecule is Cc1cccc(CSc2nnc(CNC(=O)C(Cl)c3ccccc3)n2-c2cc(Cl)ccc2Cl)c1. The van der Waals surface area contributed by atoms with Gasteiger partial charge >= 0.3 is 0 Å². The van der Waals surface area contributed by atoms with Gasteiger partial charge in [-0.05, 0) is 36.2 Å². The minimum atomic E-state index is -0.817. The summed E-state index contributed by atoms with van der Waals surface area (Å²) in [4.78, 5) is 12.7. The molecule has 9 heteroatoms. The average molecular weight is 532 g/mol. The number of amides is 1. The third-order valence-corrected chi connectivity index (χ3v) is 7.05. The number of aryl methyl sites for hydroxylation is 1. The molecule has 1 aromatic heterocycles. The molecule has 4 rings (SSSR count). The Morgan fingerprint density at radius 1 is 1.03 bits per heavy atom. The Kier molecular flexibility index (Phi) is 8.16. The molecule has 1 amide bonds. The van der Waals surface area contributed by atoms with Crippen molar-refractivity contribution in [2.45, 2.75) is 29.8 Å². The fraction of sp³-hybridized carbons (Fsp3) is 0.160. The summed E-state index contributed by atoms with van der Waals surface area (Å²) in [5, 5.41) is 12.4. The Hall–Kier alpha value is -2.51. The van der Waals surface area contributed by atoms with Gasteiger partial charge in [0.15, 0.2) is 11.0 Å². The number of aromatic nitrogens is 3. The van der Waals surface area contributed by atoms with Gasteiger partial charge in [0.25, 0.3) is 0 Å². The lowest BCUT2D eigenvalue weighted by molar-refractivity contribution is -0.121. The van der Waals surface area contributed by atoms with Gasteiger partial charge in [0.2, 0.25) is 5.91 Å². The number of hydrogen-bond acceptors (Lipinski definition) is 4. The van der Waals surface area contributed by atoms with Gasteiger partial charge in [0.05, 0.1) is 17.3 Å². The normalized spacial score (nSPS) is 11.9. The number of hydrogen-bond donors (Lipinski definition) is 1. The molecule has 5 nitrogen and oxygen atoms in total. The van der Waals surface area contributed by atoms with Gasteiger partial charge in [0, 0.05) is 10.8 Å². The summed E-state index contributed by atoms with van der Waals surface area (Å²) in [6.07, 6.45) is 0. The standard InChI is InChI=1S/C25H21Cl3N4OS/c1-16-6-5-7-17(12-16)15-34-25-31-30-22(32(25)21-13-19(26)10-11-20(21)27)14-29-24(33)23(28)18-8-3-2-4-9-18/h2-13,23H,14-15H2,1H3,(H,29,33). The summed E-state index contributed by atoms with van der Waals surface area (Å²) in [5.74, 6) is 0.886. The molecule has 0 saturated heterocycles. The van der Waals surface area contributed by atoms with Crippen LogP contribution < -0.4 is 5.32 Å². The van der Waals surface area contributed by atoms with Crippen LogP contribution in [-0.2, 0) is 17.1 Å². The largest absolute Gasteiger partial charge is 0.347 e. The molecule has 174 valence electrons. The van der Waals surface area contributed by atoms with Gasteiger partial charge in [-0.1, -0.05) is 95.1 Å². The Balaban J connectivity index is 1.59.